The first-order valence-electron chi connectivity index (χ1n) is 8.84. The molecule has 2 heterocycles. The number of hydrogen-bond donors (Lipinski definition) is 1. The molecule has 0 fully saturated rings. The number of benzene rings is 2. The van der Waals surface area contributed by atoms with Crippen molar-refractivity contribution in [2.45, 2.75) is 13.8 Å². The van der Waals surface area contributed by atoms with Gasteiger partial charge in [0.05, 0.1) is 11.3 Å². The molecule has 0 radical (unpaired) electrons. The molecule has 6 nitrogen and oxygen atoms in total. The van der Waals surface area contributed by atoms with Crippen LogP contribution in [-0.2, 0) is 0 Å². The van der Waals surface area contributed by atoms with Crippen molar-refractivity contribution in [1.29, 1.82) is 0 Å². The molecule has 0 saturated carbocycles. The van der Waals surface area contributed by atoms with Crippen LogP contribution in [0, 0.1) is 13.8 Å². The number of amides is 1. The lowest BCUT2D eigenvalue weighted by atomic mass is 10.1. The Labute approximate surface area is 162 Å². The van der Waals surface area contributed by atoms with Gasteiger partial charge in [0.25, 0.3) is 11.8 Å². The van der Waals surface area contributed by atoms with Crippen molar-refractivity contribution in [2.24, 2.45) is 0 Å². The standard InChI is InChI=1S/C22H18N4O2/c1-14-7-8-17(13-15(14)2)21(27)24-19-6-4-3-5-18(19)22-25-20(26-28-22)16-9-11-23-12-10-16/h3-13H,1-2H3,(H,24,27). The summed E-state index contributed by atoms with van der Waals surface area (Å²) in [5.41, 5.74) is 4.89. The third-order valence-corrected chi connectivity index (χ3v) is 4.54. The van der Waals surface area contributed by atoms with Gasteiger partial charge in [-0.15, -0.1) is 0 Å². The first-order valence-corrected chi connectivity index (χ1v) is 8.84. The highest BCUT2D eigenvalue weighted by Gasteiger charge is 2.16. The molecule has 1 N–H and O–H groups in total. The summed E-state index contributed by atoms with van der Waals surface area (Å²) in [6.07, 6.45) is 3.34. The Morgan fingerprint density at radius 3 is 2.54 bits per heavy atom. The van der Waals surface area contributed by atoms with Gasteiger partial charge in [0.2, 0.25) is 5.82 Å². The zero-order valence-electron chi connectivity index (χ0n) is 15.5. The molecular weight excluding hydrogens is 352 g/mol. The maximum absolute atomic E-state index is 12.7. The third-order valence-electron chi connectivity index (χ3n) is 4.54. The number of nitrogens with zero attached hydrogens (tertiary/aromatic N) is 3. The Hall–Kier alpha value is -3.80. The minimum absolute atomic E-state index is 0.190. The SMILES string of the molecule is Cc1ccc(C(=O)Nc2ccccc2-c2nc(-c3ccncc3)no2)cc1C. The van der Waals surface area contributed by atoms with Gasteiger partial charge in [-0.2, -0.15) is 4.98 Å². The second-order valence-electron chi connectivity index (χ2n) is 6.46. The molecule has 1 amide bonds. The van der Waals surface area contributed by atoms with Crippen LogP contribution in [0.5, 0.6) is 0 Å². The van der Waals surface area contributed by atoms with Gasteiger partial charge >= 0.3 is 0 Å². The Bertz CT molecular complexity index is 1140. The molecule has 0 spiro atoms. The fourth-order valence-electron chi connectivity index (χ4n) is 2.81. The van der Waals surface area contributed by atoms with E-state index in [9.17, 15) is 4.79 Å². The number of aryl methyl sites for hydroxylation is 2. The minimum atomic E-state index is -0.190. The maximum Gasteiger partial charge on any atom is 0.260 e. The number of para-hydroxylation sites is 1. The average Bonchev–Trinajstić information content (AvgIpc) is 3.21. The predicted molar refractivity (Wildman–Crippen MR) is 107 cm³/mol. The lowest BCUT2D eigenvalue weighted by Gasteiger charge is -2.09. The average molecular weight is 370 g/mol. The molecule has 4 aromatic rings. The van der Waals surface area contributed by atoms with Crippen molar-refractivity contribution in [3.05, 3.63) is 83.7 Å². The van der Waals surface area contributed by atoms with Crippen LogP contribution in [0.3, 0.4) is 0 Å². The van der Waals surface area contributed by atoms with Gasteiger partial charge in [-0.05, 0) is 61.4 Å². The van der Waals surface area contributed by atoms with Crippen molar-refractivity contribution in [1.82, 2.24) is 15.1 Å². The number of nitrogens with one attached hydrogen (secondary N) is 1. The van der Waals surface area contributed by atoms with E-state index < -0.39 is 0 Å². The van der Waals surface area contributed by atoms with E-state index in [0.717, 1.165) is 16.7 Å². The van der Waals surface area contributed by atoms with Crippen LogP contribution in [-0.4, -0.2) is 21.0 Å². The van der Waals surface area contributed by atoms with E-state index in [0.29, 0.717) is 28.5 Å². The number of aromatic nitrogens is 3. The lowest BCUT2D eigenvalue weighted by Crippen LogP contribution is -2.13. The normalized spacial score (nSPS) is 10.6. The van der Waals surface area contributed by atoms with Crippen LogP contribution in [0.1, 0.15) is 21.5 Å². The fourth-order valence-corrected chi connectivity index (χ4v) is 2.81. The van der Waals surface area contributed by atoms with Crippen molar-refractivity contribution >= 4 is 11.6 Å². The summed E-state index contributed by atoms with van der Waals surface area (Å²) < 4.78 is 5.44. The van der Waals surface area contributed by atoms with Crippen LogP contribution < -0.4 is 5.32 Å². The molecule has 0 bridgehead atoms. The van der Waals surface area contributed by atoms with Crippen molar-refractivity contribution in [3.8, 4) is 22.8 Å². The van der Waals surface area contributed by atoms with Crippen molar-refractivity contribution < 1.29 is 9.32 Å². The zero-order chi connectivity index (χ0) is 19.5. The number of pyridine rings is 1. The molecule has 0 aliphatic rings. The molecule has 0 saturated heterocycles. The van der Waals surface area contributed by atoms with Gasteiger partial charge in [0.15, 0.2) is 0 Å². The molecular formula is C22H18N4O2. The number of carbonyl (C=O) groups is 1. The van der Waals surface area contributed by atoms with Crippen molar-refractivity contribution in [2.75, 3.05) is 5.32 Å². The van der Waals surface area contributed by atoms with Crippen molar-refractivity contribution in [3.63, 3.8) is 0 Å². The quantitative estimate of drug-likeness (QED) is 0.565. The highest BCUT2D eigenvalue weighted by molar-refractivity contribution is 6.06. The van der Waals surface area contributed by atoms with Crippen LogP contribution in [0.4, 0.5) is 5.69 Å². The second-order valence-corrected chi connectivity index (χ2v) is 6.46. The van der Waals surface area contributed by atoms with E-state index in [1.54, 1.807) is 12.4 Å². The second kappa shape index (κ2) is 7.44. The molecule has 2 aromatic carbocycles. The highest BCUT2D eigenvalue weighted by atomic mass is 16.5. The van der Waals surface area contributed by atoms with Gasteiger partial charge in [0.1, 0.15) is 0 Å². The summed E-state index contributed by atoms with van der Waals surface area (Å²) in [5, 5.41) is 6.98. The van der Waals surface area contributed by atoms with Gasteiger partial charge in [0, 0.05) is 23.5 Å². The summed E-state index contributed by atoms with van der Waals surface area (Å²) in [7, 11) is 0. The summed E-state index contributed by atoms with van der Waals surface area (Å²) in [6, 6.07) is 16.6. The first-order chi connectivity index (χ1) is 13.6. The van der Waals surface area contributed by atoms with E-state index in [2.05, 4.69) is 20.4 Å². The molecule has 28 heavy (non-hydrogen) atoms. The van der Waals surface area contributed by atoms with E-state index in [-0.39, 0.29) is 5.91 Å². The van der Waals surface area contributed by atoms with Gasteiger partial charge < -0.3 is 9.84 Å². The molecule has 0 aliphatic carbocycles. The fraction of sp³-hybridized carbons (Fsp3) is 0.0909. The van der Waals surface area contributed by atoms with E-state index in [1.165, 1.54) is 0 Å². The Morgan fingerprint density at radius 2 is 1.75 bits per heavy atom. The molecule has 2 aromatic heterocycles. The van der Waals surface area contributed by atoms with Crippen LogP contribution in [0.2, 0.25) is 0 Å². The molecule has 4 rings (SSSR count). The topological polar surface area (TPSA) is 80.9 Å². The highest BCUT2D eigenvalue weighted by Crippen LogP contribution is 2.28. The largest absolute Gasteiger partial charge is 0.334 e. The maximum atomic E-state index is 12.7. The summed E-state index contributed by atoms with van der Waals surface area (Å²) >= 11 is 0. The Balaban J connectivity index is 1.63. The molecule has 0 atom stereocenters. The summed E-state index contributed by atoms with van der Waals surface area (Å²) in [4.78, 5) is 21.2. The monoisotopic (exact) mass is 370 g/mol. The number of hydrogen-bond acceptors (Lipinski definition) is 5. The van der Waals surface area contributed by atoms with Crippen LogP contribution in [0.15, 0.2) is 71.5 Å². The number of anilines is 1. The Morgan fingerprint density at radius 1 is 0.964 bits per heavy atom. The molecule has 0 unspecified atom stereocenters. The van der Waals surface area contributed by atoms with Crippen LogP contribution >= 0.6 is 0 Å². The van der Waals surface area contributed by atoms with Gasteiger partial charge in [-0.3, -0.25) is 9.78 Å². The molecule has 0 aliphatic heterocycles. The number of rotatable bonds is 4. The summed E-state index contributed by atoms with van der Waals surface area (Å²) in [6.45, 7) is 4.00. The lowest BCUT2D eigenvalue weighted by molar-refractivity contribution is 0.102. The smallest absolute Gasteiger partial charge is 0.260 e. The first kappa shape index (κ1) is 17.6. The van der Waals surface area contributed by atoms with Gasteiger partial charge in [-0.1, -0.05) is 23.4 Å². The minimum Gasteiger partial charge on any atom is -0.334 e. The van der Waals surface area contributed by atoms with E-state index in [1.807, 2.05) is 68.4 Å². The van der Waals surface area contributed by atoms with E-state index >= 15 is 0 Å². The summed E-state index contributed by atoms with van der Waals surface area (Å²) in [5.74, 6) is 0.611. The van der Waals surface area contributed by atoms with E-state index in [4.69, 9.17) is 4.52 Å². The third kappa shape index (κ3) is 3.53. The Kier molecular flexibility index (Phi) is 4.68. The molecule has 6 heteroatoms. The number of carbonyl (C=O) groups excluding carboxylic acids is 1. The van der Waals surface area contributed by atoms with Gasteiger partial charge in [-0.25, -0.2) is 0 Å². The predicted octanol–water partition coefficient (Wildman–Crippen LogP) is 4.67. The molecule has 138 valence electrons. The zero-order valence-corrected chi connectivity index (χ0v) is 15.5. The van der Waals surface area contributed by atoms with Crippen LogP contribution in [0.25, 0.3) is 22.8 Å².